The lowest BCUT2D eigenvalue weighted by atomic mass is 10.1. The number of thioether (sulfide) groups is 1. The standard InChI is InChI=1S/C21H18Cl2N4O2S/c1-11-9-18-25-26-21(27(18)17-10-13(29-3)7-8-14(11)17)30-12(2)20(28)24-16-6-4-5-15(22)19(16)23/h4-10,12H,1-3H3,(H,24,28). The molecule has 0 aliphatic carbocycles. The molecular formula is C21H18Cl2N4O2S. The van der Waals surface area contributed by atoms with Gasteiger partial charge < -0.3 is 10.1 Å². The van der Waals surface area contributed by atoms with Crippen LogP contribution in [0.5, 0.6) is 5.75 Å². The minimum atomic E-state index is -0.450. The molecule has 9 heteroatoms. The normalized spacial score (nSPS) is 12.3. The molecule has 4 aromatic rings. The van der Waals surface area contributed by atoms with Crippen molar-refractivity contribution in [1.29, 1.82) is 0 Å². The second kappa shape index (κ2) is 8.34. The van der Waals surface area contributed by atoms with Crippen LogP contribution in [0, 0.1) is 6.92 Å². The predicted molar refractivity (Wildman–Crippen MR) is 122 cm³/mol. The number of rotatable bonds is 5. The molecule has 1 N–H and O–H groups in total. The molecule has 0 spiro atoms. The van der Waals surface area contributed by atoms with Gasteiger partial charge in [-0.1, -0.05) is 41.0 Å². The molecule has 2 aromatic heterocycles. The quantitative estimate of drug-likeness (QED) is 0.391. The second-order valence-electron chi connectivity index (χ2n) is 6.74. The first-order valence-electron chi connectivity index (χ1n) is 9.13. The van der Waals surface area contributed by atoms with Crippen molar-refractivity contribution in [3.63, 3.8) is 0 Å². The average molecular weight is 461 g/mol. The molecule has 154 valence electrons. The lowest BCUT2D eigenvalue weighted by Crippen LogP contribution is -2.23. The highest BCUT2D eigenvalue weighted by Crippen LogP contribution is 2.32. The van der Waals surface area contributed by atoms with Gasteiger partial charge in [-0.3, -0.25) is 9.20 Å². The van der Waals surface area contributed by atoms with Crippen LogP contribution in [0.4, 0.5) is 5.69 Å². The molecule has 1 unspecified atom stereocenters. The highest BCUT2D eigenvalue weighted by Gasteiger charge is 2.21. The number of methoxy groups -OCH3 is 1. The molecular weight excluding hydrogens is 443 g/mol. The summed E-state index contributed by atoms with van der Waals surface area (Å²) in [4.78, 5) is 12.7. The first kappa shape index (κ1) is 20.8. The lowest BCUT2D eigenvalue weighted by molar-refractivity contribution is -0.115. The number of ether oxygens (including phenoxy) is 1. The summed E-state index contributed by atoms with van der Waals surface area (Å²) in [5.41, 5.74) is 3.19. The summed E-state index contributed by atoms with van der Waals surface area (Å²) >= 11 is 13.5. The number of halogens is 2. The zero-order valence-corrected chi connectivity index (χ0v) is 18.8. The van der Waals surface area contributed by atoms with Gasteiger partial charge in [0, 0.05) is 11.5 Å². The fourth-order valence-corrected chi connectivity index (χ4v) is 4.37. The van der Waals surface area contributed by atoms with Gasteiger partial charge in [-0.25, -0.2) is 0 Å². The molecule has 0 aliphatic rings. The molecule has 1 amide bonds. The Bertz CT molecular complexity index is 1280. The van der Waals surface area contributed by atoms with Gasteiger partial charge in [-0.2, -0.15) is 0 Å². The van der Waals surface area contributed by atoms with Crippen LogP contribution in [0.3, 0.4) is 0 Å². The molecule has 2 heterocycles. The van der Waals surface area contributed by atoms with Gasteiger partial charge in [0.05, 0.1) is 33.6 Å². The Labute approximate surface area is 187 Å². The van der Waals surface area contributed by atoms with Gasteiger partial charge >= 0.3 is 0 Å². The van der Waals surface area contributed by atoms with Crippen LogP contribution in [0.15, 0.2) is 47.6 Å². The van der Waals surface area contributed by atoms with Gasteiger partial charge in [0.15, 0.2) is 10.8 Å². The fourth-order valence-electron chi connectivity index (χ4n) is 3.15. The van der Waals surface area contributed by atoms with Gasteiger partial charge in [-0.15, -0.1) is 10.2 Å². The van der Waals surface area contributed by atoms with Crippen molar-refractivity contribution in [2.75, 3.05) is 12.4 Å². The number of nitrogens with one attached hydrogen (secondary N) is 1. The summed E-state index contributed by atoms with van der Waals surface area (Å²) < 4.78 is 7.32. The number of hydrogen-bond donors (Lipinski definition) is 1. The topological polar surface area (TPSA) is 68.5 Å². The maximum atomic E-state index is 12.7. The molecule has 2 aromatic carbocycles. The minimum absolute atomic E-state index is 0.213. The summed E-state index contributed by atoms with van der Waals surface area (Å²) in [5.74, 6) is 0.523. The number of anilines is 1. The Morgan fingerprint density at radius 3 is 2.77 bits per heavy atom. The summed E-state index contributed by atoms with van der Waals surface area (Å²) in [7, 11) is 1.63. The summed E-state index contributed by atoms with van der Waals surface area (Å²) in [6.07, 6.45) is 0. The molecule has 0 fully saturated rings. The van der Waals surface area contributed by atoms with Gasteiger partial charge in [0.2, 0.25) is 5.91 Å². The van der Waals surface area contributed by atoms with E-state index in [2.05, 4.69) is 15.5 Å². The van der Waals surface area contributed by atoms with Crippen LogP contribution >= 0.6 is 35.0 Å². The third-order valence-corrected chi connectivity index (χ3v) is 6.60. The number of carbonyl (C=O) groups is 1. The number of fused-ring (bicyclic) bond motifs is 3. The van der Waals surface area contributed by atoms with Crippen LogP contribution in [-0.4, -0.2) is 32.9 Å². The monoisotopic (exact) mass is 460 g/mol. The zero-order valence-electron chi connectivity index (χ0n) is 16.4. The first-order chi connectivity index (χ1) is 14.4. The largest absolute Gasteiger partial charge is 0.497 e. The molecule has 1 atom stereocenters. The molecule has 4 rings (SSSR count). The molecule has 6 nitrogen and oxygen atoms in total. The smallest absolute Gasteiger partial charge is 0.237 e. The fraction of sp³-hybridized carbons (Fsp3) is 0.190. The van der Waals surface area contributed by atoms with E-state index in [-0.39, 0.29) is 5.91 Å². The van der Waals surface area contributed by atoms with Crippen LogP contribution in [0.1, 0.15) is 12.5 Å². The third-order valence-electron chi connectivity index (χ3n) is 4.74. The lowest BCUT2D eigenvalue weighted by Gasteiger charge is -2.13. The van der Waals surface area contributed by atoms with Crippen molar-refractivity contribution in [2.45, 2.75) is 24.3 Å². The number of aryl methyl sites for hydroxylation is 1. The van der Waals surface area contributed by atoms with Crippen molar-refractivity contribution in [3.05, 3.63) is 58.1 Å². The van der Waals surface area contributed by atoms with Gasteiger partial charge in [-0.05, 0) is 49.7 Å². The SMILES string of the molecule is COc1ccc2c(C)cc3nnc(SC(C)C(=O)Nc4cccc(Cl)c4Cl)n3c2c1. The Kier molecular flexibility index (Phi) is 5.77. The van der Waals surface area contributed by atoms with E-state index in [0.717, 1.165) is 22.2 Å². The number of aromatic nitrogens is 3. The molecule has 0 bridgehead atoms. The summed E-state index contributed by atoms with van der Waals surface area (Å²) in [6.45, 7) is 3.83. The number of carbonyl (C=O) groups excluding carboxylic acids is 1. The summed E-state index contributed by atoms with van der Waals surface area (Å²) in [6, 6.07) is 13.0. The second-order valence-corrected chi connectivity index (χ2v) is 8.83. The first-order valence-corrected chi connectivity index (χ1v) is 10.8. The van der Waals surface area contributed by atoms with E-state index in [9.17, 15) is 4.79 Å². The van der Waals surface area contributed by atoms with Gasteiger partial charge in [0.25, 0.3) is 0 Å². The molecule has 0 radical (unpaired) electrons. The Morgan fingerprint density at radius 1 is 1.20 bits per heavy atom. The van der Waals surface area contributed by atoms with Crippen LogP contribution < -0.4 is 10.1 Å². The van der Waals surface area contributed by atoms with Crippen LogP contribution in [-0.2, 0) is 4.79 Å². The third kappa shape index (κ3) is 3.80. The van der Waals surface area contributed by atoms with E-state index < -0.39 is 5.25 Å². The van der Waals surface area contributed by atoms with Crippen molar-refractivity contribution >= 4 is 63.1 Å². The summed E-state index contributed by atoms with van der Waals surface area (Å²) in [5, 5.41) is 13.3. The Balaban J connectivity index is 1.67. The molecule has 0 saturated carbocycles. The van der Waals surface area contributed by atoms with E-state index >= 15 is 0 Å². The number of hydrogen-bond acceptors (Lipinski definition) is 5. The number of nitrogens with zero attached hydrogens (tertiary/aromatic N) is 3. The van der Waals surface area contributed by atoms with Gasteiger partial charge in [0.1, 0.15) is 5.75 Å². The molecule has 30 heavy (non-hydrogen) atoms. The maximum absolute atomic E-state index is 12.7. The van der Waals surface area contributed by atoms with E-state index in [4.69, 9.17) is 27.9 Å². The zero-order chi connectivity index (χ0) is 21.4. The number of amides is 1. The molecule has 0 saturated heterocycles. The van der Waals surface area contributed by atoms with Crippen LogP contribution in [0.25, 0.3) is 16.6 Å². The predicted octanol–water partition coefficient (Wildman–Crippen LogP) is 5.63. The maximum Gasteiger partial charge on any atom is 0.237 e. The van der Waals surface area contributed by atoms with E-state index in [1.807, 2.05) is 35.6 Å². The van der Waals surface area contributed by atoms with Crippen molar-refractivity contribution in [3.8, 4) is 5.75 Å². The van der Waals surface area contributed by atoms with Crippen molar-refractivity contribution in [1.82, 2.24) is 14.6 Å². The van der Waals surface area contributed by atoms with E-state index in [1.54, 1.807) is 32.2 Å². The highest BCUT2D eigenvalue weighted by atomic mass is 35.5. The minimum Gasteiger partial charge on any atom is -0.497 e. The number of benzene rings is 2. The molecule has 0 aliphatic heterocycles. The highest BCUT2D eigenvalue weighted by molar-refractivity contribution is 8.00. The van der Waals surface area contributed by atoms with Crippen molar-refractivity contribution in [2.24, 2.45) is 0 Å². The Morgan fingerprint density at radius 2 is 2.00 bits per heavy atom. The van der Waals surface area contributed by atoms with Crippen LogP contribution in [0.2, 0.25) is 10.0 Å². The van der Waals surface area contributed by atoms with Crippen molar-refractivity contribution < 1.29 is 9.53 Å². The number of pyridine rings is 1. The average Bonchev–Trinajstić information content (AvgIpc) is 3.13. The Hall–Kier alpha value is -2.48. The van der Waals surface area contributed by atoms with E-state index in [0.29, 0.717) is 26.5 Å². The van der Waals surface area contributed by atoms with E-state index in [1.165, 1.54) is 11.8 Å².